The van der Waals surface area contributed by atoms with Crippen LogP contribution in [-0.4, -0.2) is 29.6 Å². The summed E-state index contributed by atoms with van der Waals surface area (Å²) >= 11 is 0. The minimum atomic E-state index is -0.405. The molecule has 12 heavy (non-hydrogen) atoms. The van der Waals surface area contributed by atoms with Crippen LogP contribution in [0.2, 0.25) is 0 Å². The first kappa shape index (κ1) is 7.28. The van der Waals surface area contributed by atoms with Crippen molar-refractivity contribution in [1.29, 1.82) is 0 Å². The molecule has 0 aromatic heterocycles. The van der Waals surface area contributed by atoms with Crippen molar-refractivity contribution in [1.82, 2.24) is 4.90 Å². The third kappa shape index (κ3) is 1.07. The van der Waals surface area contributed by atoms with Gasteiger partial charge in [0.2, 0.25) is 11.6 Å². The van der Waals surface area contributed by atoms with Crippen LogP contribution in [0.4, 0.5) is 0 Å². The van der Waals surface area contributed by atoms with Crippen molar-refractivity contribution in [2.45, 2.75) is 6.92 Å². The van der Waals surface area contributed by atoms with Gasteiger partial charge in [0.05, 0.1) is 0 Å². The number of hydrogen-bond acceptors (Lipinski definition) is 3. The number of nitrogens with zero attached hydrogens (tertiary/aromatic N) is 1. The molecule has 0 spiro atoms. The fraction of sp³-hybridized carbons (Fsp3) is 0.333. The summed E-state index contributed by atoms with van der Waals surface area (Å²) in [5, 5.41) is 0. The van der Waals surface area contributed by atoms with Gasteiger partial charge in [-0.25, -0.2) is 0 Å². The molecule has 0 radical (unpaired) electrons. The Hall–Kier alpha value is -1.38. The molecule has 3 heteroatoms. The molecule has 1 heterocycles. The zero-order valence-electron chi connectivity index (χ0n) is 6.83. The standard InChI is InChI=1S/C9H9NO2/c1-6-4-8(11)9(12)5-7(6)10-2-3-10/h4-5H,2-3H2,1H3. The summed E-state index contributed by atoms with van der Waals surface area (Å²) in [7, 11) is 0. The lowest BCUT2D eigenvalue weighted by Crippen LogP contribution is -2.16. The van der Waals surface area contributed by atoms with Gasteiger partial charge in [-0.05, 0) is 18.6 Å². The SMILES string of the molecule is CC1=CC(=O)C(=O)C=C1N1CC1. The fourth-order valence-electron chi connectivity index (χ4n) is 1.28. The maximum absolute atomic E-state index is 11.0. The summed E-state index contributed by atoms with van der Waals surface area (Å²) in [5.41, 5.74) is 1.82. The Morgan fingerprint density at radius 1 is 1.17 bits per heavy atom. The fourth-order valence-corrected chi connectivity index (χ4v) is 1.28. The van der Waals surface area contributed by atoms with Crippen LogP contribution in [0.1, 0.15) is 6.92 Å². The summed E-state index contributed by atoms with van der Waals surface area (Å²) in [4.78, 5) is 24.0. The van der Waals surface area contributed by atoms with E-state index in [1.807, 2.05) is 6.92 Å². The summed E-state index contributed by atoms with van der Waals surface area (Å²) < 4.78 is 0. The molecule has 2 aliphatic rings. The Bertz CT molecular complexity index is 321. The zero-order chi connectivity index (χ0) is 8.72. The van der Waals surface area contributed by atoms with E-state index in [1.54, 1.807) is 0 Å². The molecule has 1 fully saturated rings. The molecular formula is C9H9NO2. The third-order valence-corrected chi connectivity index (χ3v) is 2.05. The van der Waals surface area contributed by atoms with E-state index in [0.717, 1.165) is 24.4 Å². The van der Waals surface area contributed by atoms with Crippen molar-refractivity contribution >= 4 is 11.6 Å². The topological polar surface area (TPSA) is 37.1 Å². The van der Waals surface area contributed by atoms with Crippen LogP contribution >= 0.6 is 0 Å². The van der Waals surface area contributed by atoms with Crippen LogP contribution in [-0.2, 0) is 9.59 Å². The molecule has 1 aliphatic carbocycles. The minimum Gasteiger partial charge on any atom is -0.368 e. The van der Waals surface area contributed by atoms with E-state index in [0.29, 0.717) is 0 Å². The predicted octanol–water partition coefficient (Wildman–Crippen LogP) is 0.284. The maximum atomic E-state index is 11.0. The van der Waals surface area contributed by atoms with Gasteiger partial charge < -0.3 is 4.90 Å². The Kier molecular flexibility index (Phi) is 1.40. The largest absolute Gasteiger partial charge is 0.368 e. The highest BCUT2D eigenvalue weighted by Crippen LogP contribution is 2.24. The highest BCUT2D eigenvalue weighted by atomic mass is 16.2. The predicted molar refractivity (Wildman–Crippen MR) is 43.4 cm³/mol. The molecule has 0 atom stereocenters. The summed E-state index contributed by atoms with van der Waals surface area (Å²) in [6.07, 6.45) is 2.85. The normalized spacial score (nSPS) is 22.2. The van der Waals surface area contributed by atoms with E-state index in [-0.39, 0.29) is 0 Å². The minimum absolute atomic E-state index is 0.400. The molecule has 0 unspecified atom stereocenters. The number of hydrogen-bond donors (Lipinski definition) is 0. The van der Waals surface area contributed by atoms with Gasteiger partial charge in [-0.1, -0.05) is 0 Å². The molecule has 0 aromatic carbocycles. The van der Waals surface area contributed by atoms with E-state index < -0.39 is 11.6 Å². The summed E-state index contributed by atoms with van der Waals surface area (Å²) in [6, 6.07) is 0. The van der Waals surface area contributed by atoms with Gasteiger partial charge in [-0.2, -0.15) is 0 Å². The Morgan fingerprint density at radius 2 is 1.75 bits per heavy atom. The number of carbonyl (C=O) groups is 2. The van der Waals surface area contributed by atoms with Gasteiger partial charge in [-0.15, -0.1) is 0 Å². The van der Waals surface area contributed by atoms with Crippen LogP contribution in [0, 0.1) is 0 Å². The average Bonchev–Trinajstić information content (AvgIpc) is 2.79. The Labute approximate surface area is 70.4 Å². The Balaban J connectivity index is 2.33. The molecule has 0 aromatic rings. The number of rotatable bonds is 1. The average molecular weight is 163 g/mol. The van der Waals surface area contributed by atoms with E-state index in [4.69, 9.17) is 0 Å². The monoisotopic (exact) mass is 163 g/mol. The van der Waals surface area contributed by atoms with E-state index >= 15 is 0 Å². The van der Waals surface area contributed by atoms with Crippen LogP contribution in [0.25, 0.3) is 0 Å². The second-order valence-corrected chi connectivity index (χ2v) is 3.07. The van der Waals surface area contributed by atoms with E-state index in [9.17, 15) is 9.59 Å². The van der Waals surface area contributed by atoms with Crippen molar-refractivity contribution in [2.75, 3.05) is 13.1 Å². The second kappa shape index (κ2) is 2.30. The first-order valence-electron chi connectivity index (χ1n) is 3.92. The van der Waals surface area contributed by atoms with Crippen molar-refractivity contribution in [2.24, 2.45) is 0 Å². The van der Waals surface area contributed by atoms with E-state index in [2.05, 4.69) is 4.90 Å². The smallest absolute Gasteiger partial charge is 0.227 e. The lowest BCUT2D eigenvalue weighted by molar-refractivity contribution is -0.131. The van der Waals surface area contributed by atoms with Gasteiger partial charge in [-0.3, -0.25) is 9.59 Å². The van der Waals surface area contributed by atoms with Gasteiger partial charge in [0.25, 0.3) is 0 Å². The summed E-state index contributed by atoms with van der Waals surface area (Å²) in [5.74, 6) is -0.805. The van der Waals surface area contributed by atoms with Crippen LogP contribution in [0.15, 0.2) is 23.4 Å². The third-order valence-electron chi connectivity index (χ3n) is 2.05. The number of ketones is 2. The molecule has 0 amide bonds. The van der Waals surface area contributed by atoms with Gasteiger partial charge in [0, 0.05) is 24.9 Å². The van der Waals surface area contributed by atoms with E-state index in [1.165, 1.54) is 12.2 Å². The lowest BCUT2D eigenvalue weighted by atomic mass is 10.0. The second-order valence-electron chi connectivity index (χ2n) is 3.07. The van der Waals surface area contributed by atoms with Crippen molar-refractivity contribution in [3.8, 4) is 0 Å². The van der Waals surface area contributed by atoms with Crippen LogP contribution in [0.5, 0.6) is 0 Å². The highest BCUT2D eigenvalue weighted by Gasteiger charge is 2.26. The molecule has 0 bridgehead atoms. The molecule has 0 saturated carbocycles. The Morgan fingerprint density at radius 3 is 2.33 bits per heavy atom. The van der Waals surface area contributed by atoms with Crippen molar-refractivity contribution in [3.63, 3.8) is 0 Å². The van der Waals surface area contributed by atoms with Gasteiger partial charge in [0.1, 0.15) is 0 Å². The first-order valence-corrected chi connectivity index (χ1v) is 3.92. The number of carbonyl (C=O) groups excluding carboxylic acids is 2. The van der Waals surface area contributed by atoms with Crippen molar-refractivity contribution < 1.29 is 9.59 Å². The number of allylic oxidation sites excluding steroid dienone is 3. The van der Waals surface area contributed by atoms with Crippen LogP contribution < -0.4 is 0 Å². The van der Waals surface area contributed by atoms with Crippen LogP contribution in [0.3, 0.4) is 0 Å². The lowest BCUT2D eigenvalue weighted by Gasteiger charge is -2.11. The first-order chi connectivity index (χ1) is 5.68. The van der Waals surface area contributed by atoms with Gasteiger partial charge >= 0.3 is 0 Å². The quantitative estimate of drug-likeness (QED) is 0.316. The molecule has 2 rings (SSSR count). The molecule has 0 N–H and O–H groups in total. The molecule has 1 saturated heterocycles. The highest BCUT2D eigenvalue weighted by molar-refractivity contribution is 6.46. The molecule has 62 valence electrons. The zero-order valence-corrected chi connectivity index (χ0v) is 6.83. The van der Waals surface area contributed by atoms with Crippen molar-refractivity contribution in [3.05, 3.63) is 23.4 Å². The molecule has 3 nitrogen and oxygen atoms in total. The van der Waals surface area contributed by atoms with Gasteiger partial charge in [0.15, 0.2) is 0 Å². The molecule has 1 aliphatic heterocycles. The molecular weight excluding hydrogens is 154 g/mol. The maximum Gasteiger partial charge on any atom is 0.227 e. The summed E-state index contributed by atoms with van der Waals surface area (Å²) in [6.45, 7) is 3.85.